The molecule has 0 fully saturated rings. The summed E-state index contributed by atoms with van der Waals surface area (Å²) in [5.74, 6) is 1.56. The van der Waals surface area contributed by atoms with E-state index in [1.807, 2.05) is 43.3 Å². The van der Waals surface area contributed by atoms with Gasteiger partial charge in [0, 0.05) is 11.6 Å². The van der Waals surface area contributed by atoms with E-state index < -0.39 is 0 Å². The Morgan fingerprint density at radius 2 is 2.00 bits per heavy atom. The molecule has 0 aliphatic rings. The summed E-state index contributed by atoms with van der Waals surface area (Å²) in [6.45, 7) is 2.30. The Hall–Kier alpha value is -1.78. The van der Waals surface area contributed by atoms with Gasteiger partial charge in [0.15, 0.2) is 0 Å². The second-order valence-electron chi connectivity index (χ2n) is 4.41. The van der Waals surface area contributed by atoms with Gasteiger partial charge in [0.25, 0.3) is 0 Å². The average molecular weight is 261 g/mol. The molecule has 2 atom stereocenters. The Kier molecular flexibility index (Phi) is 4.60. The molecular formula is C15H19NO3. The lowest BCUT2D eigenvalue weighted by molar-refractivity contribution is 0.0156. The summed E-state index contributed by atoms with van der Waals surface area (Å²) < 4.78 is 16.5. The molecule has 1 aromatic carbocycles. The van der Waals surface area contributed by atoms with E-state index in [0.717, 1.165) is 17.1 Å². The van der Waals surface area contributed by atoms with Crippen LogP contribution < -0.4 is 10.5 Å². The number of hydrogen-bond acceptors (Lipinski definition) is 4. The van der Waals surface area contributed by atoms with Gasteiger partial charge in [-0.1, -0.05) is 18.2 Å². The van der Waals surface area contributed by atoms with Crippen LogP contribution in [0.25, 0.3) is 0 Å². The quantitative estimate of drug-likeness (QED) is 0.868. The molecule has 2 rings (SSSR count). The van der Waals surface area contributed by atoms with Crippen molar-refractivity contribution in [1.82, 2.24) is 0 Å². The third kappa shape index (κ3) is 3.36. The highest BCUT2D eigenvalue weighted by Gasteiger charge is 2.21. The van der Waals surface area contributed by atoms with E-state index in [1.165, 1.54) is 0 Å². The summed E-state index contributed by atoms with van der Waals surface area (Å²) in [7, 11) is 1.64. The topological polar surface area (TPSA) is 57.6 Å². The maximum atomic E-state index is 6.02. The number of nitrogens with two attached hydrogens (primary N) is 1. The van der Waals surface area contributed by atoms with Crippen molar-refractivity contribution in [3.05, 3.63) is 54.0 Å². The van der Waals surface area contributed by atoms with Crippen LogP contribution in [-0.4, -0.2) is 13.2 Å². The van der Waals surface area contributed by atoms with Crippen LogP contribution in [0.15, 0.2) is 47.1 Å². The van der Waals surface area contributed by atoms with Crippen molar-refractivity contribution in [2.75, 3.05) is 7.11 Å². The molecule has 2 aromatic rings. The minimum Gasteiger partial charge on any atom is -0.496 e. The smallest absolute Gasteiger partial charge is 0.129 e. The summed E-state index contributed by atoms with van der Waals surface area (Å²) in [6, 6.07) is 11.3. The van der Waals surface area contributed by atoms with Gasteiger partial charge in [0.2, 0.25) is 0 Å². The van der Waals surface area contributed by atoms with Crippen LogP contribution in [-0.2, 0) is 11.3 Å². The molecule has 0 amide bonds. The van der Waals surface area contributed by atoms with E-state index in [-0.39, 0.29) is 12.1 Å². The van der Waals surface area contributed by atoms with Crippen LogP contribution in [0.3, 0.4) is 0 Å². The molecule has 102 valence electrons. The van der Waals surface area contributed by atoms with Crippen LogP contribution in [0.2, 0.25) is 0 Å². The predicted molar refractivity (Wildman–Crippen MR) is 72.9 cm³/mol. The van der Waals surface area contributed by atoms with Gasteiger partial charge >= 0.3 is 0 Å². The molecule has 1 aromatic heterocycles. The van der Waals surface area contributed by atoms with E-state index in [1.54, 1.807) is 13.4 Å². The number of hydrogen-bond donors (Lipinski definition) is 1. The Bertz CT molecular complexity index is 494. The molecule has 0 saturated carbocycles. The first-order valence-electron chi connectivity index (χ1n) is 6.25. The molecule has 0 spiro atoms. The van der Waals surface area contributed by atoms with Gasteiger partial charge in [-0.05, 0) is 25.1 Å². The highest BCUT2D eigenvalue weighted by Crippen LogP contribution is 2.30. The normalized spacial score (nSPS) is 14.1. The zero-order valence-corrected chi connectivity index (χ0v) is 11.2. The number of furan rings is 1. The molecule has 0 aliphatic carbocycles. The molecule has 0 radical (unpaired) electrons. The van der Waals surface area contributed by atoms with Crippen molar-refractivity contribution >= 4 is 0 Å². The summed E-state index contributed by atoms with van der Waals surface area (Å²) in [4.78, 5) is 0. The van der Waals surface area contributed by atoms with E-state index in [0.29, 0.717) is 6.61 Å². The monoisotopic (exact) mass is 261 g/mol. The lowest BCUT2D eigenvalue weighted by Crippen LogP contribution is -2.27. The van der Waals surface area contributed by atoms with Crippen LogP contribution in [0, 0.1) is 0 Å². The maximum absolute atomic E-state index is 6.02. The fourth-order valence-electron chi connectivity index (χ4n) is 1.99. The van der Waals surface area contributed by atoms with Crippen molar-refractivity contribution in [3.63, 3.8) is 0 Å². The van der Waals surface area contributed by atoms with Gasteiger partial charge in [-0.25, -0.2) is 0 Å². The first-order valence-corrected chi connectivity index (χ1v) is 6.25. The highest BCUT2D eigenvalue weighted by atomic mass is 16.5. The number of ether oxygens (including phenoxy) is 2. The van der Waals surface area contributed by atoms with E-state index >= 15 is 0 Å². The summed E-state index contributed by atoms with van der Waals surface area (Å²) in [5, 5.41) is 0. The SMILES string of the molecule is COc1ccccc1C(OCc1ccco1)C(C)N. The Labute approximate surface area is 113 Å². The second kappa shape index (κ2) is 6.41. The molecule has 19 heavy (non-hydrogen) atoms. The number of methoxy groups -OCH3 is 1. The van der Waals surface area contributed by atoms with E-state index in [4.69, 9.17) is 19.6 Å². The summed E-state index contributed by atoms with van der Waals surface area (Å²) in [5.41, 5.74) is 6.97. The van der Waals surface area contributed by atoms with Gasteiger partial charge < -0.3 is 19.6 Å². The molecule has 2 unspecified atom stereocenters. The lowest BCUT2D eigenvalue weighted by Gasteiger charge is -2.23. The van der Waals surface area contributed by atoms with Crippen LogP contribution in [0.1, 0.15) is 24.4 Å². The Morgan fingerprint density at radius 3 is 2.63 bits per heavy atom. The third-order valence-corrected chi connectivity index (χ3v) is 2.91. The first-order chi connectivity index (χ1) is 9.22. The van der Waals surface area contributed by atoms with Crippen LogP contribution >= 0.6 is 0 Å². The standard InChI is InChI=1S/C15H19NO3/c1-11(16)15(19-10-12-6-5-9-18-12)13-7-3-4-8-14(13)17-2/h3-9,11,15H,10,16H2,1-2H3. The molecule has 0 aliphatic heterocycles. The highest BCUT2D eigenvalue weighted by molar-refractivity contribution is 5.35. The van der Waals surface area contributed by atoms with Crippen LogP contribution in [0.4, 0.5) is 0 Å². The summed E-state index contributed by atoms with van der Waals surface area (Å²) in [6.07, 6.45) is 1.39. The minimum absolute atomic E-state index is 0.147. The summed E-state index contributed by atoms with van der Waals surface area (Å²) >= 11 is 0. The second-order valence-corrected chi connectivity index (χ2v) is 4.41. The Balaban J connectivity index is 2.15. The molecule has 2 N–H and O–H groups in total. The van der Waals surface area contributed by atoms with Crippen molar-refractivity contribution in [3.8, 4) is 5.75 Å². The van der Waals surface area contributed by atoms with Crippen LogP contribution in [0.5, 0.6) is 5.75 Å². The van der Waals surface area contributed by atoms with E-state index in [9.17, 15) is 0 Å². The zero-order chi connectivity index (χ0) is 13.7. The van der Waals surface area contributed by atoms with Crippen molar-refractivity contribution in [1.29, 1.82) is 0 Å². The van der Waals surface area contributed by atoms with Gasteiger partial charge in [0.1, 0.15) is 24.2 Å². The maximum Gasteiger partial charge on any atom is 0.129 e. The van der Waals surface area contributed by atoms with Gasteiger partial charge in [-0.2, -0.15) is 0 Å². The molecule has 4 heteroatoms. The predicted octanol–water partition coefficient (Wildman–Crippen LogP) is 2.89. The van der Waals surface area contributed by atoms with Gasteiger partial charge in [-0.3, -0.25) is 0 Å². The minimum atomic E-state index is -0.235. The fraction of sp³-hybridized carbons (Fsp3) is 0.333. The molecule has 4 nitrogen and oxygen atoms in total. The third-order valence-electron chi connectivity index (χ3n) is 2.91. The number of benzene rings is 1. The molecule has 0 saturated heterocycles. The van der Waals surface area contributed by atoms with Crippen molar-refractivity contribution < 1.29 is 13.9 Å². The average Bonchev–Trinajstić information content (AvgIpc) is 2.92. The van der Waals surface area contributed by atoms with Gasteiger partial charge in [0.05, 0.1) is 13.4 Å². The number of rotatable bonds is 6. The van der Waals surface area contributed by atoms with Gasteiger partial charge in [-0.15, -0.1) is 0 Å². The van der Waals surface area contributed by atoms with Crippen molar-refractivity contribution in [2.24, 2.45) is 5.73 Å². The molecule has 1 heterocycles. The van der Waals surface area contributed by atoms with Crippen molar-refractivity contribution in [2.45, 2.75) is 25.7 Å². The number of para-hydroxylation sites is 1. The fourth-order valence-corrected chi connectivity index (χ4v) is 1.99. The molecular weight excluding hydrogens is 242 g/mol. The molecule has 0 bridgehead atoms. The largest absolute Gasteiger partial charge is 0.496 e. The zero-order valence-electron chi connectivity index (χ0n) is 11.2. The lowest BCUT2D eigenvalue weighted by atomic mass is 10.0. The Morgan fingerprint density at radius 1 is 1.21 bits per heavy atom. The van der Waals surface area contributed by atoms with E-state index in [2.05, 4.69) is 0 Å². The first kappa shape index (κ1) is 13.6.